The third kappa shape index (κ3) is 3.80. The highest BCUT2D eigenvalue weighted by atomic mass is 19.1. The fraction of sp³-hybridized carbons (Fsp3) is 0.250. The zero-order chi connectivity index (χ0) is 13.7. The molecule has 100 valence electrons. The standard InChI is InChI=1S/C16H19FN2/c1-16(12-18,11-13-6-3-2-4-7-13)19-15-9-5-8-14(17)10-15/h2-10,19H,11-12,18H2,1H3. The van der Waals surface area contributed by atoms with E-state index in [1.807, 2.05) is 31.2 Å². The number of hydrogen-bond acceptors (Lipinski definition) is 2. The van der Waals surface area contributed by atoms with Gasteiger partial charge in [-0.15, -0.1) is 0 Å². The van der Waals surface area contributed by atoms with Crippen LogP contribution in [0.5, 0.6) is 0 Å². The molecule has 0 aliphatic heterocycles. The maximum absolute atomic E-state index is 13.2. The zero-order valence-electron chi connectivity index (χ0n) is 11.1. The number of rotatable bonds is 5. The summed E-state index contributed by atoms with van der Waals surface area (Å²) in [7, 11) is 0. The number of benzene rings is 2. The summed E-state index contributed by atoms with van der Waals surface area (Å²) in [4.78, 5) is 0. The topological polar surface area (TPSA) is 38.0 Å². The van der Waals surface area contributed by atoms with Crippen molar-refractivity contribution < 1.29 is 4.39 Å². The van der Waals surface area contributed by atoms with Crippen LogP contribution < -0.4 is 11.1 Å². The van der Waals surface area contributed by atoms with Gasteiger partial charge in [0.1, 0.15) is 5.82 Å². The molecule has 0 aliphatic rings. The van der Waals surface area contributed by atoms with E-state index in [0.717, 1.165) is 12.1 Å². The van der Waals surface area contributed by atoms with Crippen molar-refractivity contribution in [2.45, 2.75) is 18.9 Å². The van der Waals surface area contributed by atoms with E-state index >= 15 is 0 Å². The Kier molecular flexibility index (Phi) is 4.17. The van der Waals surface area contributed by atoms with E-state index in [1.54, 1.807) is 6.07 Å². The van der Waals surface area contributed by atoms with Gasteiger partial charge in [0.25, 0.3) is 0 Å². The molecule has 2 nitrogen and oxygen atoms in total. The summed E-state index contributed by atoms with van der Waals surface area (Å²) in [5.41, 5.74) is 7.55. The van der Waals surface area contributed by atoms with Gasteiger partial charge in [-0.1, -0.05) is 36.4 Å². The average Bonchev–Trinajstić information content (AvgIpc) is 2.40. The van der Waals surface area contributed by atoms with Gasteiger partial charge in [-0.25, -0.2) is 4.39 Å². The molecule has 3 heteroatoms. The Hall–Kier alpha value is -1.87. The van der Waals surface area contributed by atoms with Gasteiger partial charge in [0.2, 0.25) is 0 Å². The summed E-state index contributed by atoms with van der Waals surface area (Å²) in [5, 5.41) is 3.33. The smallest absolute Gasteiger partial charge is 0.125 e. The molecule has 19 heavy (non-hydrogen) atoms. The van der Waals surface area contributed by atoms with Gasteiger partial charge in [-0.3, -0.25) is 0 Å². The van der Waals surface area contributed by atoms with Gasteiger partial charge in [0.05, 0.1) is 5.54 Å². The third-order valence-electron chi connectivity index (χ3n) is 3.16. The lowest BCUT2D eigenvalue weighted by atomic mass is 9.92. The van der Waals surface area contributed by atoms with E-state index in [0.29, 0.717) is 6.54 Å². The minimum Gasteiger partial charge on any atom is -0.378 e. The lowest BCUT2D eigenvalue weighted by Gasteiger charge is -2.31. The van der Waals surface area contributed by atoms with Crippen molar-refractivity contribution in [3.05, 3.63) is 66.0 Å². The molecule has 1 atom stereocenters. The summed E-state index contributed by atoms with van der Waals surface area (Å²) >= 11 is 0. The molecule has 0 fully saturated rings. The van der Waals surface area contributed by atoms with Crippen molar-refractivity contribution in [2.75, 3.05) is 11.9 Å². The fourth-order valence-electron chi connectivity index (χ4n) is 2.13. The Morgan fingerprint density at radius 2 is 1.84 bits per heavy atom. The van der Waals surface area contributed by atoms with Crippen LogP contribution in [-0.4, -0.2) is 12.1 Å². The molecule has 2 aromatic carbocycles. The Morgan fingerprint density at radius 1 is 1.11 bits per heavy atom. The van der Waals surface area contributed by atoms with Crippen molar-refractivity contribution in [3.8, 4) is 0 Å². The number of nitrogens with one attached hydrogen (secondary N) is 1. The first-order chi connectivity index (χ1) is 9.11. The third-order valence-corrected chi connectivity index (χ3v) is 3.16. The van der Waals surface area contributed by atoms with Gasteiger partial charge in [-0.2, -0.15) is 0 Å². The summed E-state index contributed by atoms with van der Waals surface area (Å²) in [5.74, 6) is -0.246. The summed E-state index contributed by atoms with van der Waals surface area (Å²) in [6, 6.07) is 16.6. The van der Waals surface area contributed by atoms with E-state index in [2.05, 4.69) is 17.4 Å². The fourth-order valence-corrected chi connectivity index (χ4v) is 2.13. The minimum absolute atomic E-state index is 0.246. The molecule has 0 saturated heterocycles. The van der Waals surface area contributed by atoms with E-state index in [-0.39, 0.29) is 11.4 Å². The number of nitrogens with two attached hydrogens (primary N) is 1. The maximum Gasteiger partial charge on any atom is 0.125 e. The molecule has 0 radical (unpaired) electrons. The van der Waals surface area contributed by atoms with Crippen molar-refractivity contribution in [1.29, 1.82) is 0 Å². The summed E-state index contributed by atoms with van der Waals surface area (Å²) in [6.07, 6.45) is 0.793. The lowest BCUT2D eigenvalue weighted by molar-refractivity contribution is 0.520. The molecule has 2 aromatic rings. The van der Waals surface area contributed by atoms with Crippen molar-refractivity contribution in [2.24, 2.45) is 5.73 Å². The first-order valence-corrected chi connectivity index (χ1v) is 6.39. The van der Waals surface area contributed by atoms with Crippen LogP contribution in [0, 0.1) is 5.82 Å². The monoisotopic (exact) mass is 258 g/mol. The summed E-state index contributed by atoms with van der Waals surface area (Å²) < 4.78 is 13.2. The quantitative estimate of drug-likeness (QED) is 0.864. The minimum atomic E-state index is -0.296. The SMILES string of the molecule is CC(CN)(Cc1ccccc1)Nc1cccc(F)c1. The first kappa shape index (κ1) is 13.6. The highest BCUT2D eigenvalue weighted by molar-refractivity contribution is 5.46. The van der Waals surface area contributed by atoms with E-state index < -0.39 is 0 Å². The van der Waals surface area contributed by atoms with Gasteiger partial charge in [-0.05, 0) is 37.1 Å². The second-order valence-corrected chi connectivity index (χ2v) is 5.06. The van der Waals surface area contributed by atoms with Crippen molar-refractivity contribution in [3.63, 3.8) is 0 Å². The Morgan fingerprint density at radius 3 is 2.47 bits per heavy atom. The van der Waals surface area contributed by atoms with Crippen LogP contribution >= 0.6 is 0 Å². The maximum atomic E-state index is 13.2. The predicted molar refractivity (Wildman–Crippen MR) is 77.6 cm³/mol. The van der Waals surface area contributed by atoms with Crippen LogP contribution in [0.1, 0.15) is 12.5 Å². The second kappa shape index (κ2) is 5.85. The average molecular weight is 258 g/mol. The molecule has 0 aliphatic carbocycles. The highest BCUT2D eigenvalue weighted by Gasteiger charge is 2.22. The molecule has 3 N–H and O–H groups in total. The van der Waals surface area contributed by atoms with E-state index in [4.69, 9.17) is 5.73 Å². The molecule has 0 amide bonds. The normalized spacial score (nSPS) is 13.8. The molecule has 1 unspecified atom stereocenters. The van der Waals surface area contributed by atoms with Crippen molar-refractivity contribution >= 4 is 5.69 Å². The molecule has 2 rings (SSSR count). The Balaban J connectivity index is 2.14. The van der Waals surface area contributed by atoms with Crippen LogP contribution in [0.15, 0.2) is 54.6 Å². The van der Waals surface area contributed by atoms with E-state index in [1.165, 1.54) is 17.7 Å². The van der Waals surface area contributed by atoms with Gasteiger partial charge >= 0.3 is 0 Å². The van der Waals surface area contributed by atoms with Crippen LogP contribution in [0.3, 0.4) is 0 Å². The molecule has 0 heterocycles. The van der Waals surface area contributed by atoms with Crippen LogP contribution in [0.4, 0.5) is 10.1 Å². The van der Waals surface area contributed by atoms with Gasteiger partial charge in [0.15, 0.2) is 0 Å². The second-order valence-electron chi connectivity index (χ2n) is 5.06. The lowest BCUT2D eigenvalue weighted by Crippen LogP contribution is -2.44. The molecule has 0 saturated carbocycles. The number of halogens is 1. The molecular formula is C16H19FN2. The largest absolute Gasteiger partial charge is 0.378 e. The van der Waals surface area contributed by atoms with Crippen molar-refractivity contribution in [1.82, 2.24) is 0 Å². The van der Waals surface area contributed by atoms with Crippen LogP contribution in [0.2, 0.25) is 0 Å². The molecule has 0 aromatic heterocycles. The van der Waals surface area contributed by atoms with Gasteiger partial charge in [0, 0.05) is 12.2 Å². The zero-order valence-corrected chi connectivity index (χ0v) is 11.1. The highest BCUT2D eigenvalue weighted by Crippen LogP contribution is 2.19. The summed E-state index contributed by atoms with van der Waals surface area (Å²) in [6.45, 7) is 2.52. The molecule has 0 bridgehead atoms. The Labute approximate surface area is 113 Å². The molecule has 0 spiro atoms. The Bertz CT molecular complexity index is 527. The molecular weight excluding hydrogens is 239 g/mol. The van der Waals surface area contributed by atoms with E-state index in [9.17, 15) is 4.39 Å². The predicted octanol–water partition coefficient (Wildman–Crippen LogP) is 3.20. The van der Waals surface area contributed by atoms with Crippen LogP contribution in [-0.2, 0) is 6.42 Å². The first-order valence-electron chi connectivity index (χ1n) is 6.39. The van der Waals surface area contributed by atoms with Gasteiger partial charge < -0.3 is 11.1 Å². The number of hydrogen-bond donors (Lipinski definition) is 2. The van der Waals surface area contributed by atoms with Crippen LogP contribution in [0.25, 0.3) is 0 Å². The number of anilines is 1.